The summed E-state index contributed by atoms with van der Waals surface area (Å²) < 4.78 is 12.7. The van der Waals surface area contributed by atoms with Crippen LogP contribution in [-0.2, 0) is 16.1 Å². The first-order chi connectivity index (χ1) is 17.9. The smallest absolute Gasteiger partial charge is 0.258 e. The number of nitrogens with zero attached hydrogens (tertiary/aromatic N) is 5. The van der Waals surface area contributed by atoms with Gasteiger partial charge in [-0.25, -0.2) is 0 Å². The molecule has 37 heavy (non-hydrogen) atoms. The normalized spacial score (nSPS) is 10.7. The molecule has 2 aromatic carbocycles. The largest absolute Gasteiger partial charge is 0.495 e. The molecule has 4 rings (SSSR count). The molecule has 0 aliphatic carbocycles. The molecule has 11 nitrogen and oxygen atoms in total. The van der Waals surface area contributed by atoms with Gasteiger partial charge in [0.25, 0.3) is 5.91 Å². The molecule has 2 N–H and O–H groups in total. The standard InChI is InChI=1S/C23H22ClN7O4S2/c1-14-27-29-22(37-14)26-21(33)13-36-23-30-28-19(31(23)17-5-3-4-6-18(17)34-2)11-25-20(32)12-35-16-9-7-15(24)8-10-16/h3-10H,11-13H2,1-2H3,(H,25,32)(H,26,29,33). The van der Waals surface area contributed by atoms with Gasteiger partial charge in [0.2, 0.25) is 11.0 Å². The number of aryl methyl sites for hydroxylation is 1. The van der Waals surface area contributed by atoms with E-state index in [1.54, 1.807) is 42.0 Å². The van der Waals surface area contributed by atoms with Gasteiger partial charge in [0, 0.05) is 5.02 Å². The van der Waals surface area contributed by atoms with Gasteiger partial charge < -0.3 is 14.8 Å². The summed E-state index contributed by atoms with van der Waals surface area (Å²) in [7, 11) is 1.56. The van der Waals surface area contributed by atoms with Crippen molar-refractivity contribution in [2.45, 2.75) is 18.6 Å². The summed E-state index contributed by atoms with van der Waals surface area (Å²) in [6.45, 7) is 1.70. The molecule has 0 bridgehead atoms. The number of methoxy groups -OCH3 is 1. The lowest BCUT2D eigenvalue weighted by Crippen LogP contribution is -2.29. The molecule has 0 fully saturated rings. The summed E-state index contributed by atoms with van der Waals surface area (Å²) in [5, 5.41) is 24.0. The average molecular weight is 560 g/mol. The maximum absolute atomic E-state index is 12.4. The number of amides is 2. The van der Waals surface area contributed by atoms with Gasteiger partial charge >= 0.3 is 0 Å². The average Bonchev–Trinajstić information content (AvgIpc) is 3.50. The van der Waals surface area contributed by atoms with Crippen molar-refractivity contribution in [1.82, 2.24) is 30.3 Å². The summed E-state index contributed by atoms with van der Waals surface area (Å²) in [4.78, 5) is 24.9. The molecule has 0 unspecified atom stereocenters. The van der Waals surface area contributed by atoms with E-state index in [1.165, 1.54) is 23.1 Å². The van der Waals surface area contributed by atoms with Crippen LogP contribution in [0.1, 0.15) is 10.8 Å². The minimum atomic E-state index is -0.342. The van der Waals surface area contributed by atoms with Crippen molar-refractivity contribution in [1.29, 1.82) is 0 Å². The SMILES string of the molecule is COc1ccccc1-n1c(CNC(=O)COc2ccc(Cl)cc2)nnc1SCC(=O)Nc1nnc(C)s1. The van der Waals surface area contributed by atoms with Crippen LogP contribution in [0.2, 0.25) is 5.02 Å². The van der Waals surface area contributed by atoms with Crippen molar-refractivity contribution in [3.63, 3.8) is 0 Å². The number of para-hydroxylation sites is 2. The molecule has 0 aliphatic rings. The highest BCUT2D eigenvalue weighted by atomic mass is 35.5. The topological polar surface area (TPSA) is 133 Å². The molecule has 2 amide bonds. The Morgan fingerprint density at radius 3 is 2.57 bits per heavy atom. The van der Waals surface area contributed by atoms with Crippen LogP contribution in [0.25, 0.3) is 5.69 Å². The molecule has 4 aromatic rings. The third kappa shape index (κ3) is 7.18. The number of carbonyl (C=O) groups is 2. The quantitative estimate of drug-likeness (QED) is 0.265. The molecule has 0 radical (unpaired) electrons. The van der Waals surface area contributed by atoms with Crippen molar-refractivity contribution in [2.75, 3.05) is 24.8 Å². The van der Waals surface area contributed by atoms with Gasteiger partial charge in [-0.15, -0.1) is 20.4 Å². The lowest BCUT2D eigenvalue weighted by Gasteiger charge is -2.14. The van der Waals surface area contributed by atoms with Crippen molar-refractivity contribution < 1.29 is 19.1 Å². The molecule has 14 heteroatoms. The van der Waals surface area contributed by atoms with E-state index in [0.29, 0.717) is 38.3 Å². The number of thioether (sulfide) groups is 1. The van der Waals surface area contributed by atoms with E-state index in [9.17, 15) is 9.59 Å². The zero-order chi connectivity index (χ0) is 26.2. The Bertz CT molecular complexity index is 1380. The lowest BCUT2D eigenvalue weighted by molar-refractivity contribution is -0.123. The molecule has 0 spiro atoms. The highest BCUT2D eigenvalue weighted by Crippen LogP contribution is 2.29. The number of hydrogen-bond donors (Lipinski definition) is 2. The molecule has 2 aromatic heterocycles. The van der Waals surface area contributed by atoms with Crippen molar-refractivity contribution in [3.8, 4) is 17.2 Å². The summed E-state index contributed by atoms with van der Waals surface area (Å²) in [5.41, 5.74) is 0.666. The van der Waals surface area contributed by atoms with Gasteiger partial charge in [0.15, 0.2) is 17.6 Å². The highest BCUT2D eigenvalue weighted by Gasteiger charge is 2.19. The first kappa shape index (κ1) is 26.4. The monoisotopic (exact) mass is 559 g/mol. The second-order valence-corrected chi connectivity index (χ2v) is 9.95. The van der Waals surface area contributed by atoms with Gasteiger partial charge in [0.1, 0.15) is 16.5 Å². The minimum absolute atomic E-state index is 0.0627. The van der Waals surface area contributed by atoms with Crippen LogP contribution in [0.3, 0.4) is 0 Å². The van der Waals surface area contributed by atoms with Crippen LogP contribution in [0.15, 0.2) is 53.7 Å². The van der Waals surface area contributed by atoms with Crippen molar-refractivity contribution in [3.05, 3.63) is 64.4 Å². The first-order valence-electron chi connectivity index (χ1n) is 10.9. The number of ether oxygens (including phenoxy) is 2. The number of anilines is 1. The Labute approximate surface area is 225 Å². The van der Waals surface area contributed by atoms with Crippen molar-refractivity contribution in [2.24, 2.45) is 0 Å². The van der Waals surface area contributed by atoms with E-state index < -0.39 is 0 Å². The van der Waals surface area contributed by atoms with Crippen molar-refractivity contribution >= 4 is 51.6 Å². The zero-order valence-electron chi connectivity index (χ0n) is 19.8. The van der Waals surface area contributed by atoms with Crippen LogP contribution < -0.4 is 20.1 Å². The van der Waals surface area contributed by atoms with E-state index in [4.69, 9.17) is 21.1 Å². The summed E-state index contributed by atoms with van der Waals surface area (Å²) in [6, 6.07) is 14.0. The van der Waals surface area contributed by atoms with Gasteiger partial charge in [0.05, 0.1) is 25.1 Å². The Kier molecular flexibility index (Phi) is 8.93. The van der Waals surface area contributed by atoms with Gasteiger partial charge in [-0.05, 0) is 43.3 Å². The van der Waals surface area contributed by atoms with Crippen LogP contribution in [0.4, 0.5) is 5.13 Å². The number of halogens is 1. The molecule has 0 atom stereocenters. The molecule has 2 heterocycles. The van der Waals surface area contributed by atoms with Crippen LogP contribution in [-0.4, -0.2) is 56.2 Å². The fourth-order valence-corrected chi connectivity index (χ4v) is 4.60. The number of benzene rings is 2. The third-order valence-corrected chi connectivity index (χ3v) is 6.69. The van der Waals surface area contributed by atoms with E-state index in [2.05, 4.69) is 31.0 Å². The number of carbonyl (C=O) groups excluding carboxylic acids is 2. The summed E-state index contributed by atoms with van der Waals surface area (Å²) in [5.74, 6) is 1.02. The predicted molar refractivity (Wildman–Crippen MR) is 141 cm³/mol. The van der Waals surface area contributed by atoms with Crippen LogP contribution in [0, 0.1) is 6.92 Å². The zero-order valence-corrected chi connectivity index (χ0v) is 22.2. The Hall–Kier alpha value is -3.68. The van der Waals surface area contributed by atoms with Crippen LogP contribution >= 0.6 is 34.7 Å². The minimum Gasteiger partial charge on any atom is -0.495 e. The van der Waals surface area contributed by atoms with E-state index >= 15 is 0 Å². The molecular formula is C23H22ClN7O4S2. The van der Waals surface area contributed by atoms with E-state index in [0.717, 1.165) is 5.01 Å². The summed E-state index contributed by atoms with van der Waals surface area (Å²) >= 11 is 8.35. The highest BCUT2D eigenvalue weighted by molar-refractivity contribution is 7.99. The number of aromatic nitrogens is 5. The number of hydrogen-bond acceptors (Lipinski definition) is 10. The molecular weight excluding hydrogens is 538 g/mol. The fourth-order valence-electron chi connectivity index (χ4n) is 3.11. The van der Waals surface area contributed by atoms with Gasteiger partial charge in [-0.3, -0.25) is 19.5 Å². The Balaban J connectivity index is 1.45. The lowest BCUT2D eigenvalue weighted by atomic mass is 10.3. The van der Waals surface area contributed by atoms with E-state index in [1.807, 2.05) is 25.1 Å². The maximum Gasteiger partial charge on any atom is 0.258 e. The number of nitrogens with one attached hydrogen (secondary N) is 2. The van der Waals surface area contributed by atoms with Gasteiger partial charge in [-0.2, -0.15) is 0 Å². The second kappa shape index (κ2) is 12.5. The first-order valence-corrected chi connectivity index (χ1v) is 13.1. The second-order valence-electron chi connectivity index (χ2n) is 7.39. The molecule has 192 valence electrons. The van der Waals surface area contributed by atoms with Gasteiger partial charge in [-0.1, -0.05) is 46.8 Å². The number of rotatable bonds is 11. The Morgan fingerprint density at radius 2 is 1.84 bits per heavy atom. The maximum atomic E-state index is 12.4. The van der Waals surface area contributed by atoms with E-state index in [-0.39, 0.29) is 30.7 Å². The summed E-state index contributed by atoms with van der Waals surface area (Å²) in [6.07, 6.45) is 0. The molecule has 0 saturated heterocycles. The fraction of sp³-hybridized carbons (Fsp3) is 0.217. The molecule has 0 aliphatic heterocycles. The third-order valence-electron chi connectivity index (χ3n) is 4.76. The Morgan fingerprint density at radius 1 is 1.05 bits per heavy atom. The predicted octanol–water partition coefficient (Wildman–Crippen LogP) is 3.52. The molecule has 0 saturated carbocycles. The van der Waals surface area contributed by atoms with Crippen LogP contribution in [0.5, 0.6) is 11.5 Å².